The van der Waals surface area contributed by atoms with Crippen LogP contribution >= 0.6 is 11.6 Å². The van der Waals surface area contributed by atoms with Crippen LogP contribution in [0.3, 0.4) is 0 Å². The van der Waals surface area contributed by atoms with Gasteiger partial charge in [0.15, 0.2) is 0 Å². The van der Waals surface area contributed by atoms with E-state index >= 15 is 0 Å². The van der Waals surface area contributed by atoms with E-state index in [9.17, 15) is 0 Å². The maximum absolute atomic E-state index is 6.15. The molecule has 4 rings (SSSR count). The van der Waals surface area contributed by atoms with Crippen molar-refractivity contribution >= 4 is 34.3 Å². The fourth-order valence-corrected chi connectivity index (χ4v) is 3.02. The monoisotopic (exact) mass is 343 g/mol. The van der Waals surface area contributed by atoms with Crippen LogP contribution in [0.4, 0.5) is 11.6 Å². The number of hydrogen-bond donors (Lipinski definition) is 3. The third-order valence-corrected chi connectivity index (χ3v) is 4.26. The van der Waals surface area contributed by atoms with E-state index < -0.39 is 0 Å². The molecule has 0 radical (unpaired) electrons. The fourth-order valence-electron chi connectivity index (χ4n) is 2.83. The smallest absolute Gasteiger partial charge is 0.232 e. The number of halogens is 1. The maximum Gasteiger partial charge on any atom is 0.232 e. The summed E-state index contributed by atoms with van der Waals surface area (Å²) in [5.41, 5.74) is 1.58. The van der Waals surface area contributed by atoms with Crippen LogP contribution in [-0.2, 0) is 0 Å². The average Bonchev–Trinajstić information content (AvgIpc) is 3.05. The Bertz CT molecular complexity index is 844. The minimum absolute atomic E-state index is 0.179. The van der Waals surface area contributed by atoms with Crippen LogP contribution < -0.4 is 15.4 Å². The van der Waals surface area contributed by atoms with Crippen molar-refractivity contribution in [3.8, 4) is 5.88 Å². The second kappa shape index (κ2) is 6.67. The fraction of sp³-hybridized carbons (Fsp3) is 0.294. The molecule has 1 aromatic carbocycles. The molecule has 0 aliphatic carbocycles. The van der Waals surface area contributed by atoms with Gasteiger partial charge in [-0.3, -0.25) is 0 Å². The summed E-state index contributed by atoms with van der Waals surface area (Å²) in [4.78, 5) is 12.2. The molecular formula is C17H18ClN5O. The van der Waals surface area contributed by atoms with E-state index in [0.29, 0.717) is 16.9 Å². The van der Waals surface area contributed by atoms with Gasteiger partial charge in [-0.05, 0) is 50.2 Å². The molecule has 6 nitrogen and oxygen atoms in total. The lowest BCUT2D eigenvalue weighted by molar-refractivity contribution is 0.158. The Labute approximate surface area is 144 Å². The Hall–Kier alpha value is -2.31. The number of fused-ring (bicyclic) bond motifs is 1. The first-order chi connectivity index (χ1) is 11.8. The summed E-state index contributed by atoms with van der Waals surface area (Å²) in [5, 5.41) is 8.08. The van der Waals surface area contributed by atoms with Crippen LogP contribution in [0, 0.1) is 0 Å². The van der Waals surface area contributed by atoms with Gasteiger partial charge in [0.2, 0.25) is 11.8 Å². The topological polar surface area (TPSA) is 74.9 Å². The Balaban J connectivity index is 1.64. The zero-order valence-corrected chi connectivity index (χ0v) is 13.8. The number of nitrogens with zero attached hydrogens (tertiary/aromatic N) is 2. The van der Waals surface area contributed by atoms with Gasteiger partial charge in [-0.15, -0.1) is 0 Å². The number of anilines is 2. The summed E-state index contributed by atoms with van der Waals surface area (Å²) in [6.45, 7) is 1.94. The summed E-state index contributed by atoms with van der Waals surface area (Å²) in [7, 11) is 0. The van der Waals surface area contributed by atoms with Crippen LogP contribution in [0.5, 0.6) is 5.88 Å². The normalized spacial score (nSPS) is 15.5. The number of aromatic nitrogens is 3. The Morgan fingerprint density at radius 2 is 2.04 bits per heavy atom. The van der Waals surface area contributed by atoms with Crippen molar-refractivity contribution in [2.24, 2.45) is 0 Å². The molecular weight excluding hydrogens is 326 g/mol. The molecule has 7 heteroatoms. The van der Waals surface area contributed by atoms with Gasteiger partial charge in [0.05, 0.1) is 5.39 Å². The van der Waals surface area contributed by atoms with Crippen molar-refractivity contribution in [1.29, 1.82) is 0 Å². The van der Waals surface area contributed by atoms with E-state index in [1.807, 2.05) is 36.5 Å². The Morgan fingerprint density at radius 3 is 2.88 bits per heavy atom. The van der Waals surface area contributed by atoms with Gasteiger partial charge < -0.3 is 20.4 Å². The molecule has 1 aliphatic rings. The van der Waals surface area contributed by atoms with Crippen LogP contribution in [0.25, 0.3) is 11.0 Å². The van der Waals surface area contributed by atoms with Crippen molar-refractivity contribution in [2.45, 2.75) is 18.9 Å². The lowest BCUT2D eigenvalue weighted by Crippen LogP contribution is -2.34. The second-order valence-electron chi connectivity index (χ2n) is 5.79. The van der Waals surface area contributed by atoms with Gasteiger partial charge in [-0.2, -0.15) is 9.97 Å². The van der Waals surface area contributed by atoms with Gasteiger partial charge in [0, 0.05) is 16.9 Å². The number of hydrogen-bond acceptors (Lipinski definition) is 5. The molecule has 2 aromatic heterocycles. The van der Waals surface area contributed by atoms with Crippen LogP contribution in [0.1, 0.15) is 12.8 Å². The molecule has 24 heavy (non-hydrogen) atoms. The Morgan fingerprint density at radius 1 is 1.17 bits per heavy atom. The maximum atomic E-state index is 6.15. The first-order valence-corrected chi connectivity index (χ1v) is 8.41. The molecule has 0 atom stereocenters. The molecule has 0 amide bonds. The molecule has 3 heterocycles. The lowest BCUT2D eigenvalue weighted by atomic mass is 10.1. The van der Waals surface area contributed by atoms with Crippen molar-refractivity contribution in [2.75, 3.05) is 18.4 Å². The average molecular weight is 344 g/mol. The van der Waals surface area contributed by atoms with Crippen molar-refractivity contribution in [3.05, 3.63) is 41.6 Å². The standard InChI is InChI=1S/C17H18ClN5O/c18-11-2-1-3-12(10-11)21-17-22-15-14(6-9-20-15)16(23-17)24-13-4-7-19-8-5-13/h1-3,6,9-10,13,19H,4-5,7-8H2,(H2,20,21,22,23). The van der Waals surface area contributed by atoms with Crippen molar-refractivity contribution in [3.63, 3.8) is 0 Å². The predicted molar refractivity (Wildman–Crippen MR) is 95.1 cm³/mol. The second-order valence-corrected chi connectivity index (χ2v) is 6.23. The highest BCUT2D eigenvalue weighted by Gasteiger charge is 2.18. The zero-order valence-electron chi connectivity index (χ0n) is 13.1. The van der Waals surface area contributed by atoms with Crippen LogP contribution in [0.15, 0.2) is 36.5 Å². The third-order valence-electron chi connectivity index (χ3n) is 4.03. The van der Waals surface area contributed by atoms with Gasteiger partial charge in [0.25, 0.3) is 0 Å². The molecule has 3 N–H and O–H groups in total. The molecule has 1 fully saturated rings. The van der Waals surface area contributed by atoms with Gasteiger partial charge in [-0.25, -0.2) is 0 Å². The summed E-state index contributed by atoms with van der Waals surface area (Å²) in [5.74, 6) is 1.09. The number of nitrogens with one attached hydrogen (secondary N) is 3. The van der Waals surface area contributed by atoms with E-state index in [1.165, 1.54) is 0 Å². The number of benzene rings is 1. The van der Waals surface area contributed by atoms with E-state index in [0.717, 1.165) is 42.7 Å². The van der Waals surface area contributed by atoms with Crippen molar-refractivity contribution in [1.82, 2.24) is 20.3 Å². The highest BCUT2D eigenvalue weighted by atomic mass is 35.5. The van der Waals surface area contributed by atoms with Gasteiger partial charge in [0.1, 0.15) is 11.8 Å². The molecule has 124 valence electrons. The SMILES string of the molecule is Clc1cccc(Nc2nc(OC3CCNCC3)c3cc[nH]c3n2)c1. The number of piperidine rings is 1. The number of aromatic amines is 1. The quantitative estimate of drug-likeness (QED) is 0.676. The van der Waals surface area contributed by atoms with E-state index in [2.05, 4.69) is 25.6 Å². The predicted octanol–water partition coefficient (Wildman–Crippen LogP) is 3.49. The van der Waals surface area contributed by atoms with Crippen LogP contribution in [-0.4, -0.2) is 34.1 Å². The van der Waals surface area contributed by atoms with Crippen molar-refractivity contribution < 1.29 is 4.74 Å². The molecule has 1 aliphatic heterocycles. The highest BCUT2D eigenvalue weighted by Crippen LogP contribution is 2.27. The lowest BCUT2D eigenvalue weighted by Gasteiger charge is -2.23. The minimum atomic E-state index is 0.179. The summed E-state index contributed by atoms with van der Waals surface area (Å²) in [6.07, 6.45) is 3.98. The van der Waals surface area contributed by atoms with Crippen LogP contribution in [0.2, 0.25) is 5.02 Å². The van der Waals surface area contributed by atoms with E-state index in [1.54, 1.807) is 0 Å². The molecule has 3 aromatic rings. The molecule has 0 saturated carbocycles. The number of ether oxygens (including phenoxy) is 1. The third kappa shape index (κ3) is 3.29. The highest BCUT2D eigenvalue weighted by molar-refractivity contribution is 6.30. The molecule has 1 saturated heterocycles. The zero-order chi connectivity index (χ0) is 16.4. The summed E-state index contributed by atoms with van der Waals surface area (Å²) >= 11 is 6.03. The molecule has 0 spiro atoms. The van der Waals surface area contributed by atoms with E-state index in [-0.39, 0.29) is 6.10 Å². The van der Waals surface area contributed by atoms with Gasteiger partial charge in [-0.1, -0.05) is 17.7 Å². The van der Waals surface area contributed by atoms with E-state index in [4.69, 9.17) is 16.3 Å². The summed E-state index contributed by atoms with van der Waals surface area (Å²) < 4.78 is 6.15. The van der Waals surface area contributed by atoms with Gasteiger partial charge >= 0.3 is 0 Å². The molecule has 0 bridgehead atoms. The molecule has 0 unspecified atom stereocenters. The first kappa shape index (κ1) is 15.2. The number of H-pyrrole nitrogens is 1. The number of rotatable bonds is 4. The minimum Gasteiger partial charge on any atom is -0.474 e. The largest absolute Gasteiger partial charge is 0.474 e. The Kier molecular flexibility index (Phi) is 4.23. The first-order valence-electron chi connectivity index (χ1n) is 8.03. The summed E-state index contributed by atoms with van der Waals surface area (Å²) in [6, 6.07) is 9.39.